The summed E-state index contributed by atoms with van der Waals surface area (Å²) in [6.45, 7) is 4.66. The molecule has 2 rings (SSSR count). The fourth-order valence-corrected chi connectivity index (χ4v) is 1.86. The number of ether oxygens (including phenoxy) is 1. The Morgan fingerprint density at radius 1 is 1.16 bits per heavy atom. The largest absolute Gasteiger partial charge is 0.478 e. The van der Waals surface area contributed by atoms with E-state index in [0.29, 0.717) is 12.5 Å². The van der Waals surface area contributed by atoms with Crippen LogP contribution in [0.1, 0.15) is 17.5 Å². The zero-order valence-electron chi connectivity index (χ0n) is 11.3. The highest BCUT2D eigenvalue weighted by Crippen LogP contribution is 2.04. The predicted molar refractivity (Wildman–Crippen MR) is 77.2 cm³/mol. The monoisotopic (exact) mass is 256 g/mol. The molecule has 0 fully saturated rings. The lowest BCUT2D eigenvalue weighted by Gasteiger charge is -2.07. The normalized spacial score (nSPS) is 10.4. The molecule has 1 N–H and O–H groups in total. The standard InChI is InChI=1S/C16H20N2O/c1-14-6-4-7-15(12-14)13-17-9-5-11-19-16-8-2-3-10-18-16/h2-4,6-8,10,12,17H,5,9,11,13H2,1H3. The summed E-state index contributed by atoms with van der Waals surface area (Å²) in [6, 6.07) is 14.2. The Labute approximate surface area is 114 Å². The van der Waals surface area contributed by atoms with Crippen LogP contribution in [0.2, 0.25) is 0 Å². The lowest BCUT2D eigenvalue weighted by molar-refractivity contribution is 0.296. The minimum Gasteiger partial charge on any atom is -0.478 e. The van der Waals surface area contributed by atoms with E-state index in [1.165, 1.54) is 11.1 Å². The Kier molecular flexibility index (Phi) is 5.38. The van der Waals surface area contributed by atoms with Crippen LogP contribution in [-0.2, 0) is 6.54 Å². The Bertz CT molecular complexity index is 485. The van der Waals surface area contributed by atoms with Gasteiger partial charge in [-0.25, -0.2) is 4.98 Å². The quantitative estimate of drug-likeness (QED) is 0.773. The third-order valence-electron chi connectivity index (χ3n) is 2.80. The molecule has 100 valence electrons. The highest BCUT2D eigenvalue weighted by molar-refractivity contribution is 5.21. The van der Waals surface area contributed by atoms with Crippen molar-refractivity contribution in [2.45, 2.75) is 19.9 Å². The van der Waals surface area contributed by atoms with Gasteiger partial charge < -0.3 is 10.1 Å². The number of nitrogens with one attached hydrogen (secondary N) is 1. The molecule has 1 aromatic heterocycles. The molecule has 0 radical (unpaired) electrons. The molecule has 19 heavy (non-hydrogen) atoms. The number of aromatic nitrogens is 1. The zero-order chi connectivity index (χ0) is 13.3. The molecule has 0 atom stereocenters. The molecule has 0 bridgehead atoms. The van der Waals surface area contributed by atoms with Gasteiger partial charge in [0.2, 0.25) is 5.88 Å². The van der Waals surface area contributed by atoms with Gasteiger partial charge in [-0.3, -0.25) is 0 Å². The van der Waals surface area contributed by atoms with Crippen LogP contribution in [0.5, 0.6) is 5.88 Å². The molecule has 0 saturated carbocycles. The van der Waals surface area contributed by atoms with Crippen LogP contribution in [0.4, 0.5) is 0 Å². The second-order valence-corrected chi connectivity index (χ2v) is 4.54. The molecule has 0 spiro atoms. The Morgan fingerprint density at radius 2 is 2.11 bits per heavy atom. The molecular formula is C16H20N2O. The predicted octanol–water partition coefficient (Wildman–Crippen LogP) is 2.95. The lowest BCUT2D eigenvalue weighted by atomic mass is 10.1. The number of nitrogens with zero attached hydrogens (tertiary/aromatic N) is 1. The molecule has 0 amide bonds. The first-order chi connectivity index (χ1) is 9.34. The van der Waals surface area contributed by atoms with Gasteiger partial charge in [0.05, 0.1) is 6.61 Å². The third kappa shape index (κ3) is 5.10. The summed E-state index contributed by atoms with van der Waals surface area (Å²) in [7, 11) is 0. The summed E-state index contributed by atoms with van der Waals surface area (Å²) in [5.74, 6) is 0.696. The first-order valence-corrected chi connectivity index (χ1v) is 6.65. The minimum absolute atomic E-state index is 0.692. The molecular weight excluding hydrogens is 236 g/mol. The average molecular weight is 256 g/mol. The first kappa shape index (κ1) is 13.6. The highest BCUT2D eigenvalue weighted by Gasteiger charge is 1.95. The van der Waals surface area contributed by atoms with Crippen LogP contribution in [0.3, 0.4) is 0 Å². The van der Waals surface area contributed by atoms with E-state index in [4.69, 9.17) is 4.74 Å². The van der Waals surface area contributed by atoms with Crippen LogP contribution in [-0.4, -0.2) is 18.1 Å². The van der Waals surface area contributed by atoms with Crippen molar-refractivity contribution < 1.29 is 4.74 Å². The third-order valence-corrected chi connectivity index (χ3v) is 2.80. The molecule has 1 heterocycles. The number of rotatable bonds is 7. The topological polar surface area (TPSA) is 34.1 Å². The molecule has 3 nitrogen and oxygen atoms in total. The van der Waals surface area contributed by atoms with Gasteiger partial charge in [-0.05, 0) is 31.5 Å². The molecule has 3 heteroatoms. The number of benzene rings is 1. The number of pyridine rings is 1. The van der Waals surface area contributed by atoms with Gasteiger partial charge in [0.1, 0.15) is 0 Å². The first-order valence-electron chi connectivity index (χ1n) is 6.65. The summed E-state index contributed by atoms with van der Waals surface area (Å²) < 4.78 is 5.53. The van der Waals surface area contributed by atoms with Crippen molar-refractivity contribution in [3.8, 4) is 5.88 Å². The zero-order valence-corrected chi connectivity index (χ0v) is 11.3. The lowest BCUT2D eigenvalue weighted by Crippen LogP contribution is -2.17. The summed E-state index contributed by atoms with van der Waals surface area (Å²) in [5.41, 5.74) is 2.63. The second kappa shape index (κ2) is 7.54. The van der Waals surface area contributed by atoms with E-state index in [0.717, 1.165) is 19.5 Å². The van der Waals surface area contributed by atoms with Crippen molar-refractivity contribution in [2.75, 3.05) is 13.2 Å². The molecule has 0 aliphatic heterocycles. The summed E-state index contributed by atoms with van der Waals surface area (Å²) in [6.07, 6.45) is 2.72. The number of aryl methyl sites for hydroxylation is 1. The van der Waals surface area contributed by atoms with Gasteiger partial charge in [-0.15, -0.1) is 0 Å². The van der Waals surface area contributed by atoms with Crippen molar-refractivity contribution in [1.82, 2.24) is 10.3 Å². The summed E-state index contributed by atoms with van der Waals surface area (Å²) >= 11 is 0. The van der Waals surface area contributed by atoms with Gasteiger partial charge in [0, 0.05) is 18.8 Å². The summed E-state index contributed by atoms with van der Waals surface area (Å²) in [5, 5.41) is 3.41. The fraction of sp³-hybridized carbons (Fsp3) is 0.312. The smallest absolute Gasteiger partial charge is 0.213 e. The van der Waals surface area contributed by atoms with Crippen molar-refractivity contribution in [3.63, 3.8) is 0 Å². The van der Waals surface area contributed by atoms with E-state index in [2.05, 4.69) is 41.5 Å². The molecule has 0 aliphatic carbocycles. The Balaban J connectivity index is 1.58. The molecule has 1 aromatic carbocycles. The van der Waals surface area contributed by atoms with Gasteiger partial charge in [0.25, 0.3) is 0 Å². The average Bonchev–Trinajstić information content (AvgIpc) is 2.44. The van der Waals surface area contributed by atoms with Gasteiger partial charge >= 0.3 is 0 Å². The van der Waals surface area contributed by atoms with Crippen molar-refractivity contribution in [1.29, 1.82) is 0 Å². The maximum atomic E-state index is 5.53. The van der Waals surface area contributed by atoms with Crippen LogP contribution in [0.25, 0.3) is 0 Å². The highest BCUT2D eigenvalue weighted by atomic mass is 16.5. The van der Waals surface area contributed by atoms with E-state index in [9.17, 15) is 0 Å². The minimum atomic E-state index is 0.692. The van der Waals surface area contributed by atoms with E-state index in [1.54, 1.807) is 6.20 Å². The Morgan fingerprint density at radius 3 is 2.89 bits per heavy atom. The van der Waals surface area contributed by atoms with Crippen LogP contribution < -0.4 is 10.1 Å². The molecule has 0 saturated heterocycles. The van der Waals surface area contributed by atoms with Crippen molar-refractivity contribution >= 4 is 0 Å². The van der Waals surface area contributed by atoms with E-state index < -0.39 is 0 Å². The van der Waals surface area contributed by atoms with Crippen LogP contribution in [0, 0.1) is 6.92 Å². The Hall–Kier alpha value is -1.87. The van der Waals surface area contributed by atoms with Crippen LogP contribution in [0.15, 0.2) is 48.7 Å². The van der Waals surface area contributed by atoms with Crippen LogP contribution >= 0.6 is 0 Å². The second-order valence-electron chi connectivity index (χ2n) is 4.54. The van der Waals surface area contributed by atoms with Gasteiger partial charge in [0.15, 0.2) is 0 Å². The molecule has 0 aliphatic rings. The van der Waals surface area contributed by atoms with Gasteiger partial charge in [-0.2, -0.15) is 0 Å². The van der Waals surface area contributed by atoms with Crippen molar-refractivity contribution in [2.24, 2.45) is 0 Å². The summed E-state index contributed by atoms with van der Waals surface area (Å²) in [4.78, 5) is 4.11. The van der Waals surface area contributed by atoms with E-state index in [1.807, 2.05) is 18.2 Å². The fourth-order valence-electron chi connectivity index (χ4n) is 1.86. The maximum absolute atomic E-state index is 5.53. The SMILES string of the molecule is Cc1cccc(CNCCCOc2ccccn2)c1. The van der Waals surface area contributed by atoms with Crippen molar-refractivity contribution in [3.05, 3.63) is 59.8 Å². The number of hydrogen-bond donors (Lipinski definition) is 1. The molecule has 2 aromatic rings. The maximum Gasteiger partial charge on any atom is 0.213 e. The number of hydrogen-bond acceptors (Lipinski definition) is 3. The van der Waals surface area contributed by atoms with Gasteiger partial charge in [-0.1, -0.05) is 35.9 Å². The molecule has 0 unspecified atom stereocenters. The van der Waals surface area contributed by atoms with E-state index in [-0.39, 0.29) is 0 Å². The van der Waals surface area contributed by atoms with E-state index >= 15 is 0 Å².